The van der Waals surface area contributed by atoms with Gasteiger partial charge in [-0.1, -0.05) is 127 Å². The third kappa shape index (κ3) is 6.88. The zero-order valence-corrected chi connectivity index (χ0v) is 35.1. The van der Waals surface area contributed by atoms with E-state index in [0.29, 0.717) is 6.08 Å². The third-order valence-corrected chi connectivity index (χ3v) is 12.2. The van der Waals surface area contributed by atoms with Gasteiger partial charge in [0.25, 0.3) is 0 Å². The third-order valence-electron chi connectivity index (χ3n) is 12.2. The monoisotopic (exact) mass is 960 g/mol. The van der Waals surface area contributed by atoms with Gasteiger partial charge in [-0.2, -0.15) is 0 Å². The van der Waals surface area contributed by atoms with Crippen molar-refractivity contribution in [1.82, 2.24) is 0 Å². The van der Waals surface area contributed by atoms with E-state index < -0.39 is 121 Å². The lowest BCUT2D eigenvalue weighted by Crippen LogP contribution is -2.65. The second-order valence-electron chi connectivity index (χ2n) is 15.5. The Morgan fingerprint density at radius 3 is 0.714 bits per heavy atom. The average Bonchev–Trinajstić information content (AvgIpc) is 3.32. The Balaban J connectivity index is 1.67. The largest absolute Gasteiger partial charge is 0.480 e. The van der Waals surface area contributed by atoms with Gasteiger partial charge in [-0.3, -0.25) is 38.4 Å². The number of carbonyl (C=O) groups is 12. The second kappa shape index (κ2) is 17.7. The van der Waals surface area contributed by atoms with Crippen LogP contribution in [0.2, 0.25) is 0 Å². The molecule has 0 bridgehead atoms. The number of allylic oxidation sites excluding steroid dienone is 6. The fraction of sp³-hybridized carbons (Fsp3) is 0.125. The van der Waals surface area contributed by atoms with Crippen molar-refractivity contribution in [3.05, 3.63) is 162 Å². The molecule has 3 aromatic rings. The molecule has 3 aliphatic rings. The van der Waals surface area contributed by atoms with Crippen molar-refractivity contribution in [2.75, 3.05) is 0 Å². The SMILES string of the molecule is O=C(O)C1(C(=O)O)C=CC(c2ccccc2)=CC1(C(=O)O)C(=O)OC(=O)C1(C(=O)OC(=O)C2(C(=O)O)C=C(c3ccccc3)C=CC2(C(=O)O)C(=O)O)C=C(c2ccccc2)C=CC1(C(=O)O)C(=O)O. The number of esters is 4. The van der Waals surface area contributed by atoms with Crippen molar-refractivity contribution < 1.29 is 108 Å². The summed E-state index contributed by atoms with van der Waals surface area (Å²) < 4.78 is 9.76. The molecule has 2 atom stereocenters. The molecule has 0 radical (unpaired) electrons. The van der Waals surface area contributed by atoms with Gasteiger partial charge < -0.3 is 50.3 Å². The fourth-order valence-corrected chi connectivity index (χ4v) is 8.46. The summed E-state index contributed by atoms with van der Waals surface area (Å²) in [6.07, 6.45) is 3.46. The van der Waals surface area contributed by atoms with Crippen LogP contribution in [0.15, 0.2) is 146 Å². The van der Waals surface area contributed by atoms with E-state index in [-0.39, 0.29) is 53.1 Å². The minimum absolute atomic E-state index is 0.0109. The highest BCUT2D eigenvalue weighted by Crippen LogP contribution is 2.55. The number of benzene rings is 3. The maximum atomic E-state index is 15.1. The average molecular weight is 961 g/mol. The van der Waals surface area contributed by atoms with Crippen molar-refractivity contribution in [3.8, 4) is 0 Å². The number of hydrogen-bond donors (Lipinski definition) is 8. The number of carboxylic acids is 8. The van der Waals surface area contributed by atoms with Gasteiger partial charge in [0.05, 0.1) is 0 Å². The molecule has 0 spiro atoms. The topological polar surface area (TPSA) is 385 Å². The first-order valence-corrected chi connectivity index (χ1v) is 19.8. The lowest BCUT2D eigenvalue weighted by molar-refractivity contribution is -0.202. The van der Waals surface area contributed by atoms with Crippen molar-refractivity contribution >= 4 is 88.4 Å². The number of carboxylic acid groups (broad SMARTS) is 8. The minimum Gasteiger partial charge on any atom is -0.480 e. The molecule has 0 aliphatic heterocycles. The van der Waals surface area contributed by atoms with Gasteiger partial charge >= 0.3 is 71.6 Å². The first kappa shape index (κ1) is 49.6. The van der Waals surface area contributed by atoms with Crippen LogP contribution in [0, 0.1) is 32.5 Å². The van der Waals surface area contributed by atoms with Crippen LogP contribution in [-0.4, -0.2) is 112 Å². The number of aliphatic carboxylic acids is 8. The first-order chi connectivity index (χ1) is 32.9. The molecular formula is C48H32O22. The molecule has 0 aromatic heterocycles. The summed E-state index contributed by atoms with van der Waals surface area (Å²) in [5.41, 5.74) is -26.6. The number of rotatable bonds is 15. The molecule has 0 saturated heterocycles. The van der Waals surface area contributed by atoms with Gasteiger partial charge in [0, 0.05) is 0 Å². The maximum absolute atomic E-state index is 15.1. The Hall–Kier alpha value is -9.86. The predicted octanol–water partition coefficient (Wildman–Crippen LogP) is 2.68. The van der Waals surface area contributed by atoms with Gasteiger partial charge in [0.15, 0.2) is 0 Å². The van der Waals surface area contributed by atoms with Crippen LogP contribution in [0.4, 0.5) is 0 Å². The molecule has 22 nitrogen and oxygen atoms in total. The lowest BCUT2D eigenvalue weighted by atomic mass is 9.58. The van der Waals surface area contributed by atoms with Gasteiger partial charge in [0.1, 0.15) is 0 Å². The molecule has 0 heterocycles. The fourth-order valence-electron chi connectivity index (χ4n) is 8.46. The Morgan fingerprint density at radius 1 is 0.286 bits per heavy atom. The first-order valence-electron chi connectivity index (χ1n) is 19.8. The normalized spacial score (nSPS) is 22.3. The van der Waals surface area contributed by atoms with E-state index in [1.165, 1.54) is 91.0 Å². The molecule has 3 aromatic carbocycles. The van der Waals surface area contributed by atoms with Gasteiger partial charge in [-0.25, -0.2) is 19.2 Å². The molecule has 6 rings (SSSR count). The van der Waals surface area contributed by atoms with Gasteiger partial charge in [0.2, 0.25) is 32.5 Å². The van der Waals surface area contributed by atoms with Crippen LogP contribution < -0.4 is 0 Å². The highest BCUT2D eigenvalue weighted by atomic mass is 16.6. The van der Waals surface area contributed by atoms with E-state index in [0.717, 1.165) is 12.2 Å². The van der Waals surface area contributed by atoms with E-state index in [9.17, 15) is 88.8 Å². The van der Waals surface area contributed by atoms with E-state index in [2.05, 4.69) is 0 Å². The van der Waals surface area contributed by atoms with Crippen LogP contribution in [0.3, 0.4) is 0 Å². The molecule has 70 heavy (non-hydrogen) atoms. The molecular weight excluding hydrogens is 929 g/mol. The summed E-state index contributed by atoms with van der Waals surface area (Å²) in [6.45, 7) is 0. The number of ether oxygens (including phenoxy) is 2. The van der Waals surface area contributed by atoms with Crippen molar-refractivity contribution in [3.63, 3.8) is 0 Å². The van der Waals surface area contributed by atoms with E-state index in [4.69, 9.17) is 9.47 Å². The lowest BCUT2D eigenvalue weighted by Gasteiger charge is -2.42. The minimum atomic E-state index is -4.51. The smallest absolute Gasteiger partial charge is 0.337 e. The van der Waals surface area contributed by atoms with Crippen LogP contribution in [0.25, 0.3) is 16.7 Å². The van der Waals surface area contributed by atoms with E-state index >= 15 is 9.59 Å². The van der Waals surface area contributed by atoms with E-state index in [1.807, 2.05) is 0 Å². The zero-order valence-electron chi connectivity index (χ0n) is 35.1. The molecule has 356 valence electrons. The summed E-state index contributed by atoms with van der Waals surface area (Å²) in [6, 6.07) is 20.0. The molecule has 22 heteroatoms. The molecule has 2 unspecified atom stereocenters. The van der Waals surface area contributed by atoms with Crippen molar-refractivity contribution in [2.45, 2.75) is 0 Å². The molecule has 0 amide bonds. The maximum Gasteiger partial charge on any atom is 0.337 e. The second-order valence-corrected chi connectivity index (χ2v) is 15.5. The van der Waals surface area contributed by atoms with Crippen LogP contribution in [0.5, 0.6) is 0 Å². The predicted molar refractivity (Wildman–Crippen MR) is 229 cm³/mol. The van der Waals surface area contributed by atoms with Gasteiger partial charge in [-0.05, 0) is 51.6 Å². The van der Waals surface area contributed by atoms with Crippen LogP contribution in [-0.2, 0) is 67.0 Å². The molecule has 0 saturated carbocycles. The molecule has 0 fully saturated rings. The summed E-state index contributed by atoms with van der Waals surface area (Å²) in [4.78, 5) is 166. The summed E-state index contributed by atoms with van der Waals surface area (Å²) in [5, 5.41) is 84.8. The summed E-state index contributed by atoms with van der Waals surface area (Å²) in [5.74, 6) is -32.4. The molecule has 3 aliphatic carbocycles. The Bertz CT molecular complexity index is 2850. The zero-order chi connectivity index (χ0) is 51.8. The Labute approximate surface area is 390 Å². The Morgan fingerprint density at radius 2 is 0.486 bits per heavy atom. The highest BCUT2D eigenvalue weighted by molar-refractivity contribution is 6.25. The standard InChI is InChI=1S/C48H32O22/c49-31(50)43(32(51)52)19-16-28(25-10-4-1-5-11-25)22-46(43,37(61)62)39(65)69-41(67)48(24-30(27-14-8-3-9-15-27)18-21-45(48,35(57)58)36(59)60)42(68)70-40(66)47(38(63)64)23-29(26-12-6-2-7-13-26)17-20-44(47,33(53)54)34(55)56/h1-24H,(H,49,50)(H,51,52)(H,53,54)(H,55,56)(H,57,58)(H,59,60)(H,61,62)(H,63,64). The highest BCUT2D eigenvalue weighted by Gasteiger charge is 2.77. The van der Waals surface area contributed by atoms with E-state index in [1.54, 1.807) is 0 Å². The Kier molecular flexibility index (Phi) is 12.6. The number of hydrogen-bond acceptors (Lipinski definition) is 14. The molecule has 8 N–H and O–H groups in total. The van der Waals surface area contributed by atoms with Crippen molar-refractivity contribution in [1.29, 1.82) is 0 Å². The van der Waals surface area contributed by atoms with Crippen LogP contribution >= 0.6 is 0 Å². The quantitative estimate of drug-likeness (QED) is 0.0801. The number of carbonyl (C=O) groups excluding carboxylic acids is 4. The van der Waals surface area contributed by atoms with Gasteiger partial charge in [-0.15, -0.1) is 0 Å². The van der Waals surface area contributed by atoms with Crippen LogP contribution in [0.1, 0.15) is 16.7 Å². The summed E-state index contributed by atoms with van der Waals surface area (Å²) in [7, 11) is 0. The van der Waals surface area contributed by atoms with Crippen molar-refractivity contribution in [2.24, 2.45) is 32.5 Å². The summed E-state index contributed by atoms with van der Waals surface area (Å²) >= 11 is 0.